The monoisotopic (exact) mass is 254 g/mol. The average Bonchev–Trinajstić information content (AvgIpc) is 3.02. The van der Waals surface area contributed by atoms with Gasteiger partial charge in [-0.1, -0.05) is 30.3 Å². The summed E-state index contributed by atoms with van der Waals surface area (Å²) in [6, 6.07) is 12.2. The second kappa shape index (κ2) is 5.36. The van der Waals surface area contributed by atoms with E-state index in [1.165, 1.54) is 12.8 Å². The molecule has 2 aromatic rings. The lowest BCUT2D eigenvalue weighted by molar-refractivity contribution is 0.870. The van der Waals surface area contributed by atoms with E-state index in [4.69, 9.17) is 10.7 Å². The molecule has 1 aliphatic rings. The van der Waals surface area contributed by atoms with Crippen molar-refractivity contribution in [1.29, 1.82) is 0 Å². The number of aromatic nitrogens is 2. The molecule has 2 heterocycles. The SMILES string of the molecule is NCc1cc(-c2ccccc2)nc(N2CCCC2)n1. The fourth-order valence-electron chi connectivity index (χ4n) is 2.40. The van der Waals surface area contributed by atoms with Crippen molar-refractivity contribution in [2.24, 2.45) is 5.73 Å². The molecular weight excluding hydrogens is 236 g/mol. The molecule has 4 nitrogen and oxygen atoms in total. The quantitative estimate of drug-likeness (QED) is 0.912. The van der Waals surface area contributed by atoms with Gasteiger partial charge in [-0.2, -0.15) is 0 Å². The van der Waals surface area contributed by atoms with Gasteiger partial charge in [0.25, 0.3) is 0 Å². The Morgan fingerprint density at radius 1 is 1.05 bits per heavy atom. The van der Waals surface area contributed by atoms with E-state index in [1.54, 1.807) is 0 Å². The van der Waals surface area contributed by atoms with Crippen LogP contribution in [0.3, 0.4) is 0 Å². The summed E-state index contributed by atoms with van der Waals surface area (Å²) in [5.41, 5.74) is 8.72. The molecule has 19 heavy (non-hydrogen) atoms. The maximum absolute atomic E-state index is 5.76. The molecule has 0 radical (unpaired) electrons. The fourth-order valence-corrected chi connectivity index (χ4v) is 2.40. The van der Waals surface area contributed by atoms with Gasteiger partial charge in [0, 0.05) is 25.2 Å². The van der Waals surface area contributed by atoms with Crippen LogP contribution in [-0.2, 0) is 6.54 Å². The number of nitrogens with zero attached hydrogens (tertiary/aromatic N) is 3. The fraction of sp³-hybridized carbons (Fsp3) is 0.333. The van der Waals surface area contributed by atoms with Gasteiger partial charge in [0.15, 0.2) is 0 Å². The van der Waals surface area contributed by atoms with Gasteiger partial charge in [-0.25, -0.2) is 9.97 Å². The molecule has 4 heteroatoms. The Hall–Kier alpha value is -1.94. The minimum Gasteiger partial charge on any atom is -0.341 e. The topological polar surface area (TPSA) is 55.0 Å². The molecule has 0 amide bonds. The Labute approximate surface area is 113 Å². The molecule has 3 rings (SSSR count). The lowest BCUT2D eigenvalue weighted by atomic mass is 10.1. The molecule has 0 spiro atoms. The average molecular weight is 254 g/mol. The predicted octanol–water partition coefficient (Wildman–Crippen LogP) is 2.20. The molecule has 1 fully saturated rings. The summed E-state index contributed by atoms with van der Waals surface area (Å²) in [7, 11) is 0. The lowest BCUT2D eigenvalue weighted by Crippen LogP contribution is -2.21. The van der Waals surface area contributed by atoms with E-state index in [9.17, 15) is 0 Å². The van der Waals surface area contributed by atoms with E-state index in [-0.39, 0.29) is 0 Å². The summed E-state index contributed by atoms with van der Waals surface area (Å²) in [6.07, 6.45) is 2.44. The highest BCUT2D eigenvalue weighted by Gasteiger charge is 2.16. The largest absolute Gasteiger partial charge is 0.341 e. The third kappa shape index (κ3) is 2.58. The highest BCUT2D eigenvalue weighted by molar-refractivity contribution is 5.61. The third-order valence-corrected chi connectivity index (χ3v) is 3.43. The summed E-state index contributed by atoms with van der Waals surface area (Å²) >= 11 is 0. The molecule has 2 N–H and O–H groups in total. The van der Waals surface area contributed by atoms with Crippen LogP contribution in [0.1, 0.15) is 18.5 Å². The zero-order valence-electron chi connectivity index (χ0n) is 10.9. The van der Waals surface area contributed by atoms with Crippen molar-refractivity contribution in [1.82, 2.24) is 9.97 Å². The van der Waals surface area contributed by atoms with Gasteiger partial charge in [-0.15, -0.1) is 0 Å². The highest BCUT2D eigenvalue weighted by atomic mass is 15.3. The van der Waals surface area contributed by atoms with E-state index in [0.717, 1.165) is 36.0 Å². The third-order valence-electron chi connectivity index (χ3n) is 3.43. The Kier molecular flexibility index (Phi) is 3.42. The molecular formula is C15H18N4. The van der Waals surface area contributed by atoms with Crippen molar-refractivity contribution < 1.29 is 0 Å². The summed E-state index contributed by atoms with van der Waals surface area (Å²) in [5, 5.41) is 0. The van der Waals surface area contributed by atoms with E-state index < -0.39 is 0 Å². The molecule has 1 aromatic heterocycles. The van der Waals surface area contributed by atoms with Crippen molar-refractivity contribution >= 4 is 5.95 Å². The molecule has 1 saturated heterocycles. The molecule has 1 aromatic carbocycles. The van der Waals surface area contributed by atoms with Crippen molar-refractivity contribution in [3.05, 3.63) is 42.1 Å². The molecule has 0 aliphatic carbocycles. The second-order valence-electron chi connectivity index (χ2n) is 4.81. The van der Waals surface area contributed by atoms with Crippen LogP contribution in [0.2, 0.25) is 0 Å². The first-order valence-corrected chi connectivity index (χ1v) is 6.75. The van der Waals surface area contributed by atoms with Crippen LogP contribution in [-0.4, -0.2) is 23.1 Å². The summed E-state index contributed by atoms with van der Waals surface area (Å²) < 4.78 is 0. The Balaban J connectivity index is 2.02. The molecule has 1 aliphatic heterocycles. The van der Waals surface area contributed by atoms with E-state index >= 15 is 0 Å². The lowest BCUT2D eigenvalue weighted by Gasteiger charge is -2.17. The van der Waals surface area contributed by atoms with Crippen LogP contribution in [0.4, 0.5) is 5.95 Å². The molecule has 0 atom stereocenters. The Bertz CT molecular complexity index is 547. The summed E-state index contributed by atoms with van der Waals surface area (Å²) in [4.78, 5) is 11.5. The summed E-state index contributed by atoms with van der Waals surface area (Å²) in [5.74, 6) is 0.819. The van der Waals surface area contributed by atoms with Gasteiger partial charge in [-0.3, -0.25) is 0 Å². The molecule has 0 saturated carbocycles. The van der Waals surface area contributed by atoms with Crippen LogP contribution in [0.25, 0.3) is 11.3 Å². The van der Waals surface area contributed by atoms with Gasteiger partial charge in [-0.05, 0) is 18.9 Å². The number of anilines is 1. The highest BCUT2D eigenvalue weighted by Crippen LogP contribution is 2.22. The van der Waals surface area contributed by atoms with Crippen LogP contribution >= 0.6 is 0 Å². The van der Waals surface area contributed by atoms with Gasteiger partial charge in [0.2, 0.25) is 5.95 Å². The van der Waals surface area contributed by atoms with Crippen molar-refractivity contribution in [3.8, 4) is 11.3 Å². The summed E-state index contributed by atoms with van der Waals surface area (Å²) in [6.45, 7) is 2.54. The minimum absolute atomic E-state index is 0.448. The van der Waals surface area contributed by atoms with Crippen molar-refractivity contribution in [2.45, 2.75) is 19.4 Å². The molecule has 98 valence electrons. The first kappa shape index (κ1) is 12.1. The van der Waals surface area contributed by atoms with Gasteiger partial charge >= 0.3 is 0 Å². The minimum atomic E-state index is 0.448. The van der Waals surface area contributed by atoms with E-state index in [0.29, 0.717) is 6.54 Å². The van der Waals surface area contributed by atoms with Crippen LogP contribution in [0.5, 0.6) is 0 Å². The first-order chi connectivity index (χ1) is 9.36. The van der Waals surface area contributed by atoms with Crippen LogP contribution in [0.15, 0.2) is 36.4 Å². The van der Waals surface area contributed by atoms with Gasteiger partial charge in [0.1, 0.15) is 0 Å². The first-order valence-electron chi connectivity index (χ1n) is 6.75. The maximum Gasteiger partial charge on any atom is 0.226 e. The van der Waals surface area contributed by atoms with Crippen LogP contribution < -0.4 is 10.6 Å². The smallest absolute Gasteiger partial charge is 0.226 e. The number of rotatable bonds is 3. The van der Waals surface area contributed by atoms with Gasteiger partial charge in [0.05, 0.1) is 11.4 Å². The van der Waals surface area contributed by atoms with Crippen LogP contribution in [0, 0.1) is 0 Å². The molecule has 0 unspecified atom stereocenters. The Morgan fingerprint density at radius 3 is 2.47 bits per heavy atom. The maximum atomic E-state index is 5.76. The van der Waals surface area contributed by atoms with E-state index in [1.807, 2.05) is 24.3 Å². The zero-order valence-corrected chi connectivity index (χ0v) is 10.9. The van der Waals surface area contributed by atoms with Crippen molar-refractivity contribution in [3.63, 3.8) is 0 Å². The molecule has 0 bridgehead atoms. The zero-order chi connectivity index (χ0) is 13.1. The number of nitrogens with two attached hydrogens (primary N) is 1. The van der Waals surface area contributed by atoms with Gasteiger partial charge < -0.3 is 10.6 Å². The Morgan fingerprint density at radius 2 is 1.79 bits per heavy atom. The second-order valence-corrected chi connectivity index (χ2v) is 4.81. The standard InChI is InChI=1S/C15H18N4/c16-11-13-10-14(12-6-2-1-3-7-12)18-15(17-13)19-8-4-5-9-19/h1-3,6-7,10H,4-5,8-9,11,16H2. The van der Waals surface area contributed by atoms with Crippen molar-refractivity contribution in [2.75, 3.05) is 18.0 Å². The number of hydrogen-bond acceptors (Lipinski definition) is 4. The predicted molar refractivity (Wildman–Crippen MR) is 76.8 cm³/mol. The normalized spacial score (nSPS) is 14.9. The number of hydrogen-bond donors (Lipinski definition) is 1. The van der Waals surface area contributed by atoms with E-state index in [2.05, 4.69) is 22.0 Å². The number of benzene rings is 1.